The van der Waals surface area contributed by atoms with Crippen molar-refractivity contribution in [3.05, 3.63) is 30.3 Å². The zero-order valence-corrected chi connectivity index (χ0v) is 12.1. The summed E-state index contributed by atoms with van der Waals surface area (Å²) in [6.07, 6.45) is 3.36. The fraction of sp³-hybridized carbons (Fsp3) is 0.533. The normalized spacial score (nSPS) is 26.5. The molecule has 1 aliphatic rings. The third kappa shape index (κ3) is 3.51. The second kappa shape index (κ2) is 6.44. The van der Waals surface area contributed by atoms with Crippen LogP contribution in [0.1, 0.15) is 32.6 Å². The summed E-state index contributed by atoms with van der Waals surface area (Å²) in [5, 5.41) is 13.1. The molecule has 2 rings (SSSR count). The monoisotopic (exact) mass is 279 g/mol. The Morgan fingerprint density at radius 1 is 1.47 bits per heavy atom. The standard InChI is InChI=1S/C15H21NO2S/c1-2-10-16-15(14(17)18)9-8-13(11-15)19-12-6-4-3-5-7-12/h3-7,13,16H,2,8-11H2,1H3,(H,17,18). The Morgan fingerprint density at radius 3 is 2.84 bits per heavy atom. The molecule has 2 N–H and O–H groups in total. The number of benzene rings is 1. The van der Waals surface area contributed by atoms with E-state index in [9.17, 15) is 9.90 Å². The van der Waals surface area contributed by atoms with Gasteiger partial charge in [0.1, 0.15) is 5.54 Å². The van der Waals surface area contributed by atoms with Crippen molar-refractivity contribution in [1.29, 1.82) is 0 Å². The van der Waals surface area contributed by atoms with Gasteiger partial charge in [-0.2, -0.15) is 0 Å². The molecule has 0 aromatic heterocycles. The van der Waals surface area contributed by atoms with E-state index < -0.39 is 11.5 Å². The van der Waals surface area contributed by atoms with Crippen LogP contribution in [0.15, 0.2) is 35.2 Å². The molecule has 0 aliphatic heterocycles. The second-order valence-corrected chi connectivity index (χ2v) is 6.48. The number of carboxylic acids is 1. The van der Waals surface area contributed by atoms with Gasteiger partial charge in [-0.3, -0.25) is 4.79 Å². The van der Waals surface area contributed by atoms with Crippen molar-refractivity contribution >= 4 is 17.7 Å². The smallest absolute Gasteiger partial charge is 0.323 e. The van der Waals surface area contributed by atoms with Gasteiger partial charge in [0.05, 0.1) is 0 Å². The van der Waals surface area contributed by atoms with Gasteiger partial charge in [0.25, 0.3) is 0 Å². The van der Waals surface area contributed by atoms with Crippen LogP contribution in [0.2, 0.25) is 0 Å². The van der Waals surface area contributed by atoms with Crippen LogP contribution in [-0.2, 0) is 4.79 Å². The fourth-order valence-corrected chi connectivity index (χ4v) is 3.89. The number of hydrogen-bond donors (Lipinski definition) is 2. The van der Waals surface area contributed by atoms with Crippen molar-refractivity contribution in [2.45, 2.75) is 48.3 Å². The summed E-state index contributed by atoms with van der Waals surface area (Å²) in [5.41, 5.74) is -0.706. The van der Waals surface area contributed by atoms with Gasteiger partial charge in [-0.05, 0) is 44.4 Å². The Bertz CT molecular complexity index is 423. The molecule has 0 saturated heterocycles. The van der Waals surface area contributed by atoms with Gasteiger partial charge < -0.3 is 10.4 Å². The Hall–Kier alpha value is -1.00. The lowest BCUT2D eigenvalue weighted by Crippen LogP contribution is -2.50. The molecular formula is C15H21NO2S. The summed E-state index contributed by atoms with van der Waals surface area (Å²) in [5.74, 6) is -0.697. The molecule has 0 radical (unpaired) electrons. The highest BCUT2D eigenvalue weighted by atomic mass is 32.2. The van der Waals surface area contributed by atoms with E-state index in [1.807, 2.05) is 18.2 Å². The van der Waals surface area contributed by atoms with Gasteiger partial charge in [0.2, 0.25) is 0 Å². The van der Waals surface area contributed by atoms with Crippen molar-refractivity contribution in [2.75, 3.05) is 6.54 Å². The van der Waals surface area contributed by atoms with E-state index in [1.165, 1.54) is 4.90 Å². The number of aliphatic carboxylic acids is 1. The molecule has 0 spiro atoms. The van der Waals surface area contributed by atoms with Crippen LogP contribution in [0.25, 0.3) is 0 Å². The van der Waals surface area contributed by atoms with Gasteiger partial charge in [0.15, 0.2) is 0 Å². The fourth-order valence-electron chi connectivity index (χ4n) is 2.59. The highest BCUT2D eigenvalue weighted by Gasteiger charge is 2.45. The molecule has 2 atom stereocenters. The van der Waals surface area contributed by atoms with Crippen LogP contribution < -0.4 is 5.32 Å². The molecule has 0 amide bonds. The lowest BCUT2D eigenvalue weighted by atomic mass is 9.98. The Balaban J connectivity index is 1.98. The molecule has 1 aliphatic carbocycles. The van der Waals surface area contributed by atoms with Crippen molar-refractivity contribution in [1.82, 2.24) is 5.32 Å². The Labute approximate surface area is 118 Å². The van der Waals surface area contributed by atoms with E-state index in [-0.39, 0.29) is 0 Å². The second-order valence-electron chi connectivity index (χ2n) is 5.11. The number of carboxylic acid groups (broad SMARTS) is 1. The van der Waals surface area contributed by atoms with E-state index >= 15 is 0 Å². The average molecular weight is 279 g/mol. The van der Waals surface area contributed by atoms with Gasteiger partial charge in [0, 0.05) is 10.1 Å². The first kappa shape index (κ1) is 14.4. The Kier molecular flexibility index (Phi) is 4.88. The molecule has 1 aromatic rings. The minimum absolute atomic E-state index is 0.392. The van der Waals surface area contributed by atoms with Crippen molar-refractivity contribution in [2.24, 2.45) is 0 Å². The molecule has 19 heavy (non-hydrogen) atoms. The maximum atomic E-state index is 11.6. The summed E-state index contributed by atoms with van der Waals surface area (Å²) in [7, 11) is 0. The molecule has 0 heterocycles. The quantitative estimate of drug-likeness (QED) is 0.840. The van der Waals surface area contributed by atoms with Crippen LogP contribution in [-0.4, -0.2) is 28.4 Å². The minimum Gasteiger partial charge on any atom is -0.480 e. The average Bonchev–Trinajstić information content (AvgIpc) is 2.82. The topological polar surface area (TPSA) is 49.3 Å². The predicted molar refractivity (Wildman–Crippen MR) is 78.6 cm³/mol. The van der Waals surface area contributed by atoms with Crippen LogP contribution in [0.3, 0.4) is 0 Å². The third-order valence-corrected chi connectivity index (χ3v) is 4.92. The SMILES string of the molecule is CCCNC1(C(=O)O)CCC(Sc2ccccc2)C1. The maximum Gasteiger partial charge on any atom is 0.323 e. The summed E-state index contributed by atoms with van der Waals surface area (Å²) in [4.78, 5) is 12.8. The molecular weight excluding hydrogens is 258 g/mol. The zero-order valence-electron chi connectivity index (χ0n) is 11.3. The van der Waals surface area contributed by atoms with Gasteiger partial charge in [-0.1, -0.05) is 25.1 Å². The number of rotatable bonds is 6. The molecule has 2 unspecified atom stereocenters. The highest BCUT2D eigenvalue weighted by Crippen LogP contribution is 2.40. The lowest BCUT2D eigenvalue weighted by molar-refractivity contribution is -0.144. The van der Waals surface area contributed by atoms with Crippen LogP contribution >= 0.6 is 11.8 Å². The van der Waals surface area contributed by atoms with Gasteiger partial charge in [-0.25, -0.2) is 0 Å². The third-order valence-electron chi connectivity index (χ3n) is 3.64. The maximum absolute atomic E-state index is 11.6. The molecule has 104 valence electrons. The molecule has 1 fully saturated rings. The first-order valence-electron chi connectivity index (χ1n) is 6.86. The molecule has 0 bridgehead atoms. The summed E-state index contributed by atoms with van der Waals surface area (Å²) in [6, 6.07) is 10.2. The first-order chi connectivity index (χ1) is 9.16. The van der Waals surface area contributed by atoms with Crippen molar-refractivity contribution in [3.8, 4) is 0 Å². The van der Waals surface area contributed by atoms with Crippen LogP contribution in [0, 0.1) is 0 Å². The largest absolute Gasteiger partial charge is 0.480 e. The predicted octanol–water partition coefficient (Wildman–Crippen LogP) is 3.15. The first-order valence-corrected chi connectivity index (χ1v) is 7.74. The van der Waals surface area contributed by atoms with E-state index in [0.29, 0.717) is 11.7 Å². The molecule has 1 aromatic carbocycles. The summed E-state index contributed by atoms with van der Waals surface area (Å²) < 4.78 is 0. The lowest BCUT2D eigenvalue weighted by Gasteiger charge is -2.25. The molecule has 3 nitrogen and oxygen atoms in total. The van der Waals surface area contributed by atoms with Gasteiger partial charge >= 0.3 is 5.97 Å². The van der Waals surface area contributed by atoms with E-state index in [1.54, 1.807) is 11.8 Å². The zero-order chi connectivity index (χ0) is 13.7. The minimum atomic E-state index is -0.706. The molecule has 1 saturated carbocycles. The number of nitrogens with one attached hydrogen (secondary N) is 1. The number of carbonyl (C=O) groups is 1. The van der Waals surface area contributed by atoms with Crippen LogP contribution in [0.4, 0.5) is 0 Å². The molecule has 4 heteroatoms. The van der Waals surface area contributed by atoms with Crippen molar-refractivity contribution < 1.29 is 9.90 Å². The van der Waals surface area contributed by atoms with E-state index in [0.717, 1.165) is 25.8 Å². The summed E-state index contributed by atoms with van der Waals surface area (Å²) >= 11 is 1.80. The van der Waals surface area contributed by atoms with Crippen LogP contribution in [0.5, 0.6) is 0 Å². The number of thioether (sulfide) groups is 1. The van der Waals surface area contributed by atoms with E-state index in [2.05, 4.69) is 24.4 Å². The van der Waals surface area contributed by atoms with Gasteiger partial charge in [-0.15, -0.1) is 11.8 Å². The highest BCUT2D eigenvalue weighted by molar-refractivity contribution is 8.00. The number of hydrogen-bond acceptors (Lipinski definition) is 3. The van der Waals surface area contributed by atoms with Crippen molar-refractivity contribution in [3.63, 3.8) is 0 Å². The Morgan fingerprint density at radius 2 is 2.21 bits per heavy atom. The van der Waals surface area contributed by atoms with E-state index in [4.69, 9.17) is 0 Å². The summed E-state index contributed by atoms with van der Waals surface area (Å²) in [6.45, 7) is 2.84.